The van der Waals surface area contributed by atoms with Gasteiger partial charge in [0.1, 0.15) is 11.7 Å². The van der Waals surface area contributed by atoms with Gasteiger partial charge >= 0.3 is 0 Å². The Kier molecular flexibility index (Phi) is 2.35. The van der Waals surface area contributed by atoms with Crippen molar-refractivity contribution >= 4 is 0 Å². The van der Waals surface area contributed by atoms with Crippen LogP contribution in [0.4, 0.5) is 0 Å². The molecular weight excluding hydrogens is 246 g/mol. The van der Waals surface area contributed by atoms with Crippen molar-refractivity contribution in [1.29, 1.82) is 0 Å². The number of hydroxylamine groups is 2. The van der Waals surface area contributed by atoms with E-state index in [1.165, 1.54) is 0 Å². The second kappa shape index (κ2) is 3.77. The lowest BCUT2D eigenvalue weighted by Gasteiger charge is -2.30. The zero-order valence-corrected chi connectivity index (χ0v) is 10.4. The number of hydrogen-bond acceptors (Lipinski definition) is 5. The first-order chi connectivity index (χ1) is 9.11. The SMILES string of the molecule is O[C@@H]1[C@@H]2[C@@H]3[C@H](O)[C@@]1(O)C[C@H]2ON3Cc1ccccc1. The maximum absolute atomic E-state index is 10.3. The van der Waals surface area contributed by atoms with Crippen LogP contribution in [0.2, 0.25) is 0 Å². The molecule has 0 spiro atoms. The van der Waals surface area contributed by atoms with E-state index < -0.39 is 17.8 Å². The molecule has 6 atom stereocenters. The molecule has 0 amide bonds. The molecule has 0 unspecified atom stereocenters. The van der Waals surface area contributed by atoms with Gasteiger partial charge in [-0.15, -0.1) is 0 Å². The third-order valence-electron chi connectivity index (χ3n) is 4.85. The summed E-state index contributed by atoms with van der Waals surface area (Å²) in [4.78, 5) is 5.80. The molecule has 3 aliphatic rings. The lowest BCUT2D eigenvalue weighted by molar-refractivity contribution is -0.173. The average molecular weight is 263 g/mol. The molecule has 1 heterocycles. The number of benzene rings is 1. The van der Waals surface area contributed by atoms with E-state index in [4.69, 9.17) is 4.84 Å². The van der Waals surface area contributed by atoms with Crippen LogP contribution in [0.3, 0.4) is 0 Å². The van der Waals surface area contributed by atoms with Gasteiger partial charge in [0.15, 0.2) is 0 Å². The number of aliphatic hydroxyl groups is 3. The average Bonchev–Trinajstić information content (AvgIpc) is 2.89. The number of aliphatic hydroxyl groups excluding tert-OH is 2. The molecule has 5 heteroatoms. The molecule has 4 rings (SSSR count). The molecule has 102 valence electrons. The van der Waals surface area contributed by atoms with Gasteiger partial charge in [0.25, 0.3) is 0 Å². The number of rotatable bonds is 2. The van der Waals surface area contributed by atoms with Crippen LogP contribution >= 0.6 is 0 Å². The highest BCUT2D eigenvalue weighted by Crippen LogP contribution is 2.55. The molecule has 5 nitrogen and oxygen atoms in total. The first-order valence-corrected chi connectivity index (χ1v) is 6.67. The van der Waals surface area contributed by atoms with E-state index in [9.17, 15) is 15.3 Å². The van der Waals surface area contributed by atoms with Gasteiger partial charge in [-0.1, -0.05) is 30.3 Å². The molecule has 1 aromatic carbocycles. The van der Waals surface area contributed by atoms with Crippen molar-refractivity contribution < 1.29 is 20.2 Å². The molecule has 0 radical (unpaired) electrons. The summed E-state index contributed by atoms with van der Waals surface area (Å²) < 4.78 is 0. The molecule has 2 aliphatic carbocycles. The Balaban J connectivity index is 1.61. The van der Waals surface area contributed by atoms with E-state index in [1.807, 2.05) is 30.3 Å². The zero-order valence-electron chi connectivity index (χ0n) is 10.4. The van der Waals surface area contributed by atoms with Crippen LogP contribution in [0.5, 0.6) is 0 Å². The lowest BCUT2D eigenvalue weighted by atomic mass is 9.89. The van der Waals surface area contributed by atoms with Crippen molar-refractivity contribution in [2.75, 3.05) is 0 Å². The molecule has 3 N–H and O–H groups in total. The third kappa shape index (κ3) is 1.42. The second-order valence-electron chi connectivity index (χ2n) is 5.86. The van der Waals surface area contributed by atoms with E-state index >= 15 is 0 Å². The summed E-state index contributed by atoms with van der Waals surface area (Å²) in [5, 5.41) is 32.4. The van der Waals surface area contributed by atoms with Crippen molar-refractivity contribution in [2.24, 2.45) is 5.92 Å². The quantitative estimate of drug-likeness (QED) is 0.680. The minimum absolute atomic E-state index is 0.183. The topological polar surface area (TPSA) is 73.2 Å². The zero-order chi connectivity index (χ0) is 13.2. The molecule has 1 aliphatic heterocycles. The maximum Gasteiger partial charge on any atom is 0.121 e. The van der Waals surface area contributed by atoms with Gasteiger partial charge in [-0.05, 0) is 5.56 Å². The fraction of sp³-hybridized carbons (Fsp3) is 0.571. The molecule has 2 saturated carbocycles. The van der Waals surface area contributed by atoms with Crippen LogP contribution in [0.1, 0.15) is 12.0 Å². The van der Waals surface area contributed by atoms with Crippen LogP contribution in [-0.4, -0.2) is 50.3 Å². The Morgan fingerprint density at radius 1 is 1.21 bits per heavy atom. The Bertz CT molecular complexity index is 495. The van der Waals surface area contributed by atoms with Gasteiger partial charge in [0, 0.05) is 18.9 Å². The second-order valence-corrected chi connectivity index (χ2v) is 5.86. The highest BCUT2D eigenvalue weighted by atomic mass is 16.7. The van der Waals surface area contributed by atoms with E-state index in [1.54, 1.807) is 5.06 Å². The summed E-state index contributed by atoms with van der Waals surface area (Å²) in [6.07, 6.45) is -1.72. The highest BCUT2D eigenvalue weighted by molar-refractivity contribution is 5.23. The third-order valence-corrected chi connectivity index (χ3v) is 4.85. The van der Waals surface area contributed by atoms with Gasteiger partial charge in [-0.25, -0.2) is 0 Å². The fourth-order valence-corrected chi connectivity index (χ4v) is 3.93. The van der Waals surface area contributed by atoms with E-state index in [0.717, 1.165) is 5.56 Å². The van der Waals surface area contributed by atoms with Crippen LogP contribution in [-0.2, 0) is 11.4 Å². The van der Waals surface area contributed by atoms with E-state index in [2.05, 4.69) is 0 Å². The normalized spacial score (nSPS) is 48.1. The fourth-order valence-electron chi connectivity index (χ4n) is 3.93. The molecule has 2 bridgehead atoms. The monoisotopic (exact) mass is 263 g/mol. The molecule has 1 aromatic rings. The van der Waals surface area contributed by atoms with Crippen molar-refractivity contribution in [3.05, 3.63) is 35.9 Å². The highest BCUT2D eigenvalue weighted by Gasteiger charge is 2.72. The number of nitrogens with zero attached hydrogens (tertiary/aromatic N) is 1. The Morgan fingerprint density at radius 3 is 2.63 bits per heavy atom. The van der Waals surface area contributed by atoms with Crippen LogP contribution < -0.4 is 0 Å². The van der Waals surface area contributed by atoms with Crippen LogP contribution in [0.25, 0.3) is 0 Å². The minimum atomic E-state index is -1.40. The summed E-state index contributed by atoms with van der Waals surface area (Å²) in [7, 11) is 0. The smallest absolute Gasteiger partial charge is 0.121 e. The Hall–Kier alpha value is -0.980. The lowest BCUT2D eigenvalue weighted by Crippen LogP contribution is -2.49. The van der Waals surface area contributed by atoms with Gasteiger partial charge in [-0.2, -0.15) is 5.06 Å². The molecule has 19 heavy (non-hydrogen) atoms. The summed E-state index contributed by atoms with van der Waals surface area (Å²) in [6.45, 7) is 0.554. The van der Waals surface area contributed by atoms with Crippen molar-refractivity contribution in [3.8, 4) is 0 Å². The maximum atomic E-state index is 10.3. The summed E-state index contributed by atoms with van der Waals surface area (Å²) >= 11 is 0. The van der Waals surface area contributed by atoms with E-state index in [-0.39, 0.29) is 18.1 Å². The van der Waals surface area contributed by atoms with Gasteiger partial charge in [0.2, 0.25) is 0 Å². The first-order valence-electron chi connectivity index (χ1n) is 6.67. The van der Waals surface area contributed by atoms with Crippen molar-refractivity contribution in [1.82, 2.24) is 5.06 Å². The summed E-state index contributed by atoms with van der Waals surface area (Å²) in [5.74, 6) is -0.191. The first kappa shape index (κ1) is 11.8. The van der Waals surface area contributed by atoms with Gasteiger partial charge < -0.3 is 15.3 Å². The molecule has 0 aromatic heterocycles. The number of hydrogen-bond donors (Lipinski definition) is 3. The predicted octanol–water partition coefficient (Wildman–Crippen LogP) is -0.343. The van der Waals surface area contributed by atoms with Crippen LogP contribution in [0, 0.1) is 5.92 Å². The Labute approximate surface area is 111 Å². The van der Waals surface area contributed by atoms with Gasteiger partial charge in [0.05, 0.1) is 18.2 Å². The summed E-state index contributed by atoms with van der Waals surface area (Å²) in [5.41, 5.74) is -0.313. The molecule has 1 saturated heterocycles. The summed E-state index contributed by atoms with van der Waals surface area (Å²) in [6, 6.07) is 9.53. The standard InChI is InChI=1S/C14H17NO4/c16-12-10-9-6-14(12,18)13(17)11(10)15(19-9)7-8-4-2-1-3-5-8/h1-5,9-13,16-18H,6-7H2/t9-,10+,11-,12-,13+,14-/m1/s1. The van der Waals surface area contributed by atoms with E-state index in [0.29, 0.717) is 13.0 Å². The molecule has 3 fully saturated rings. The molecular formula is C14H17NO4. The van der Waals surface area contributed by atoms with Crippen molar-refractivity contribution in [3.63, 3.8) is 0 Å². The van der Waals surface area contributed by atoms with Crippen LogP contribution in [0.15, 0.2) is 30.3 Å². The largest absolute Gasteiger partial charge is 0.390 e. The number of fused-ring (bicyclic) bond motifs is 1. The van der Waals surface area contributed by atoms with Crippen molar-refractivity contribution in [2.45, 2.75) is 42.9 Å². The van der Waals surface area contributed by atoms with Gasteiger partial charge in [-0.3, -0.25) is 4.84 Å². The Morgan fingerprint density at radius 2 is 1.95 bits per heavy atom. The predicted molar refractivity (Wildman–Crippen MR) is 65.7 cm³/mol. The minimum Gasteiger partial charge on any atom is -0.390 e.